The van der Waals surface area contributed by atoms with E-state index in [9.17, 15) is 4.79 Å². The molecule has 0 saturated carbocycles. The molecular weight excluding hydrogens is 430 g/mol. The van der Waals surface area contributed by atoms with Gasteiger partial charge in [0.1, 0.15) is 5.75 Å². The van der Waals surface area contributed by atoms with Crippen LogP contribution in [0.15, 0.2) is 59.1 Å². The average Bonchev–Trinajstić information content (AvgIpc) is 3.40. The van der Waals surface area contributed by atoms with E-state index in [1.807, 2.05) is 59.3 Å². The summed E-state index contributed by atoms with van der Waals surface area (Å²) in [4.78, 5) is 12.9. The number of hydrogen-bond donors (Lipinski definition) is 1. The molecule has 156 valence electrons. The number of Topliss-reactive ketones (excluding diaryl/α,β-unsaturated/α-hetero) is 1. The fourth-order valence-electron chi connectivity index (χ4n) is 3.17. The Morgan fingerprint density at radius 3 is 2.97 bits per heavy atom. The Morgan fingerprint density at radius 1 is 1.26 bits per heavy atom. The maximum atomic E-state index is 12.9. The molecule has 31 heavy (non-hydrogen) atoms. The van der Waals surface area contributed by atoms with Crippen molar-refractivity contribution in [3.63, 3.8) is 0 Å². The standard InChI is InChI=1S/C22H19N5O2S2/c1-29-16-7-4-6-15(12-16)24-21-25-26-22(31-21)30-14-20(28)18-13-27(11-5-10-23)19-9-3-2-8-17(18)19/h2-4,6-9,12-13H,5,11,14H2,1H3,(H,24,25). The monoisotopic (exact) mass is 449 g/mol. The highest BCUT2D eigenvalue weighted by atomic mass is 32.2. The number of nitriles is 1. The molecule has 0 saturated heterocycles. The van der Waals surface area contributed by atoms with E-state index in [0.29, 0.717) is 28.0 Å². The first kappa shape index (κ1) is 20.9. The fourth-order valence-corrected chi connectivity index (χ4v) is 4.83. The predicted octanol–water partition coefficient (Wildman–Crippen LogP) is 5.13. The first-order valence-electron chi connectivity index (χ1n) is 9.53. The lowest BCUT2D eigenvalue weighted by Crippen LogP contribution is -2.02. The lowest BCUT2D eigenvalue weighted by Gasteiger charge is -2.04. The van der Waals surface area contributed by atoms with Crippen molar-refractivity contribution in [2.24, 2.45) is 0 Å². The van der Waals surface area contributed by atoms with Crippen molar-refractivity contribution in [1.82, 2.24) is 14.8 Å². The van der Waals surface area contributed by atoms with E-state index in [1.165, 1.54) is 23.1 Å². The maximum Gasteiger partial charge on any atom is 0.210 e. The predicted molar refractivity (Wildman–Crippen MR) is 123 cm³/mol. The Hall–Kier alpha value is -3.35. The zero-order chi connectivity index (χ0) is 21.6. The van der Waals surface area contributed by atoms with Crippen LogP contribution in [-0.4, -0.2) is 33.4 Å². The topological polar surface area (TPSA) is 92.8 Å². The van der Waals surface area contributed by atoms with E-state index in [2.05, 4.69) is 21.6 Å². The van der Waals surface area contributed by atoms with E-state index in [-0.39, 0.29) is 11.5 Å². The Labute approximate surface area is 187 Å². The van der Waals surface area contributed by atoms with Crippen molar-refractivity contribution < 1.29 is 9.53 Å². The number of fused-ring (bicyclic) bond motifs is 1. The van der Waals surface area contributed by atoms with Gasteiger partial charge >= 0.3 is 0 Å². The summed E-state index contributed by atoms with van der Waals surface area (Å²) in [5.74, 6) is 1.04. The van der Waals surface area contributed by atoms with Gasteiger partial charge in [-0.1, -0.05) is 47.4 Å². The summed E-state index contributed by atoms with van der Waals surface area (Å²) in [6, 6.07) is 17.5. The van der Waals surface area contributed by atoms with Gasteiger partial charge in [-0.25, -0.2) is 0 Å². The van der Waals surface area contributed by atoms with Gasteiger partial charge in [0.25, 0.3) is 0 Å². The van der Waals surface area contributed by atoms with Crippen molar-refractivity contribution in [1.29, 1.82) is 5.26 Å². The second-order valence-corrected chi connectivity index (χ2v) is 8.80. The number of aromatic nitrogens is 3. The first-order valence-corrected chi connectivity index (χ1v) is 11.3. The molecular formula is C22H19N5O2S2. The summed E-state index contributed by atoms with van der Waals surface area (Å²) in [5, 5.41) is 22.0. The van der Waals surface area contributed by atoms with Crippen molar-refractivity contribution in [3.8, 4) is 11.8 Å². The Morgan fingerprint density at radius 2 is 2.13 bits per heavy atom. The van der Waals surface area contributed by atoms with E-state index in [1.54, 1.807) is 7.11 Å². The van der Waals surface area contributed by atoms with Crippen molar-refractivity contribution in [3.05, 3.63) is 60.3 Å². The Bertz CT molecular complexity index is 1260. The number of nitrogens with one attached hydrogen (secondary N) is 1. The van der Waals surface area contributed by atoms with Gasteiger partial charge in [0.15, 0.2) is 10.1 Å². The number of benzene rings is 2. The third-order valence-electron chi connectivity index (χ3n) is 4.61. The highest BCUT2D eigenvalue weighted by Gasteiger charge is 2.16. The molecule has 0 amide bonds. The molecule has 0 fully saturated rings. The van der Waals surface area contributed by atoms with Gasteiger partial charge in [-0.15, -0.1) is 10.2 Å². The lowest BCUT2D eigenvalue weighted by molar-refractivity contribution is 0.102. The summed E-state index contributed by atoms with van der Waals surface area (Å²) in [5.41, 5.74) is 2.49. The molecule has 0 aliphatic rings. The van der Waals surface area contributed by atoms with Crippen LogP contribution in [0.3, 0.4) is 0 Å². The summed E-state index contributed by atoms with van der Waals surface area (Å²) < 4.78 is 7.91. The van der Waals surface area contributed by atoms with Crippen molar-refractivity contribution in [2.45, 2.75) is 17.3 Å². The van der Waals surface area contributed by atoms with E-state index < -0.39 is 0 Å². The summed E-state index contributed by atoms with van der Waals surface area (Å²) in [6.45, 7) is 0.563. The van der Waals surface area contributed by atoms with Gasteiger partial charge in [-0.05, 0) is 18.2 Å². The largest absolute Gasteiger partial charge is 0.497 e. The fraction of sp³-hybridized carbons (Fsp3) is 0.182. The average molecular weight is 450 g/mol. The molecule has 2 aromatic heterocycles. The molecule has 7 nitrogen and oxygen atoms in total. The minimum absolute atomic E-state index is 0.0226. The molecule has 2 aromatic carbocycles. The number of nitrogens with zero attached hydrogens (tertiary/aromatic N) is 4. The minimum atomic E-state index is 0.0226. The van der Waals surface area contributed by atoms with Gasteiger partial charge in [0.2, 0.25) is 5.13 Å². The molecule has 0 unspecified atom stereocenters. The van der Waals surface area contributed by atoms with E-state index in [4.69, 9.17) is 10.00 Å². The number of ether oxygens (including phenoxy) is 1. The Kier molecular flexibility index (Phi) is 6.50. The zero-order valence-electron chi connectivity index (χ0n) is 16.7. The molecule has 0 aliphatic heterocycles. The van der Waals surface area contributed by atoms with Crippen LogP contribution in [0.25, 0.3) is 10.9 Å². The lowest BCUT2D eigenvalue weighted by atomic mass is 10.1. The number of anilines is 2. The van der Waals surface area contributed by atoms with Crippen LogP contribution < -0.4 is 10.1 Å². The van der Waals surface area contributed by atoms with Gasteiger partial charge < -0.3 is 14.6 Å². The maximum absolute atomic E-state index is 12.9. The van der Waals surface area contributed by atoms with Crippen LogP contribution in [0.2, 0.25) is 0 Å². The number of ketones is 1. The third kappa shape index (κ3) is 4.87. The van der Waals surface area contributed by atoms with E-state index in [0.717, 1.165) is 22.3 Å². The van der Waals surface area contributed by atoms with Gasteiger partial charge in [0.05, 0.1) is 25.4 Å². The molecule has 4 aromatic rings. The number of carbonyl (C=O) groups is 1. The van der Waals surface area contributed by atoms with Crippen LogP contribution >= 0.6 is 23.1 Å². The molecule has 1 N–H and O–H groups in total. The molecule has 0 bridgehead atoms. The second kappa shape index (κ2) is 9.64. The number of carbonyl (C=O) groups excluding carboxylic acids is 1. The minimum Gasteiger partial charge on any atom is -0.497 e. The highest BCUT2D eigenvalue weighted by molar-refractivity contribution is 8.01. The molecule has 4 rings (SSSR count). The number of hydrogen-bond acceptors (Lipinski definition) is 8. The number of para-hydroxylation sites is 1. The first-order chi connectivity index (χ1) is 15.2. The van der Waals surface area contributed by atoms with E-state index >= 15 is 0 Å². The van der Waals surface area contributed by atoms with Crippen LogP contribution in [0.5, 0.6) is 5.75 Å². The van der Waals surface area contributed by atoms with Crippen LogP contribution in [0.1, 0.15) is 16.8 Å². The number of aryl methyl sites for hydroxylation is 1. The summed E-state index contributed by atoms with van der Waals surface area (Å²) in [6.07, 6.45) is 2.25. The van der Waals surface area contributed by atoms with Crippen molar-refractivity contribution in [2.75, 3.05) is 18.2 Å². The third-order valence-corrected chi connectivity index (χ3v) is 6.58. The van der Waals surface area contributed by atoms with Crippen LogP contribution in [-0.2, 0) is 6.54 Å². The van der Waals surface area contributed by atoms with Crippen LogP contribution in [0, 0.1) is 11.3 Å². The number of methoxy groups -OCH3 is 1. The quantitative estimate of drug-likeness (QED) is 0.279. The number of rotatable bonds is 9. The van der Waals surface area contributed by atoms with Gasteiger partial charge in [0, 0.05) is 41.0 Å². The molecule has 0 radical (unpaired) electrons. The zero-order valence-corrected chi connectivity index (χ0v) is 18.4. The molecule has 9 heteroatoms. The van der Waals surface area contributed by atoms with Gasteiger partial charge in [-0.2, -0.15) is 5.26 Å². The summed E-state index contributed by atoms with van der Waals surface area (Å²) in [7, 11) is 1.62. The van der Waals surface area contributed by atoms with Crippen LogP contribution in [0.4, 0.5) is 10.8 Å². The number of thioether (sulfide) groups is 1. The van der Waals surface area contributed by atoms with Crippen molar-refractivity contribution >= 4 is 50.6 Å². The molecule has 2 heterocycles. The SMILES string of the molecule is COc1cccc(Nc2nnc(SCC(=O)c3cn(CCC#N)c4ccccc34)s2)c1. The normalized spacial score (nSPS) is 10.7. The Balaban J connectivity index is 1.43. The molecule has 0 atom stereocenters. The molecule has 0 spiro atoms. The molecule has 0 aliphatic carbocycles. The summed E-state index contributed by atoms with van der Waals surface area (Å²) >= 11 is 2.76. The second-order valence-electron chi connectivity index (χ2n) is 6.60. The van der Waals surface area contributed by atoms with Gasteiger partial charge in [-0.3, -0.25) is 4.79 Å². The smallest absolute Gasteiger partial charge is 0.210 e. The highest BCUT2D eigenvalue weighted by Crippen LogP contribution is 2.30.